The molecule has 3 aromatic heterocycles. The highest BCUT2D eigenvalue weighted by Gasteiger charge is 2.07. The summed E-state index contributed by atoms with van der Waals surface area (Å²) in [6.07, 6.45) is 8.52. The third-order valence-electron chi connectivity index (χ3n) is 2.58. The van der Waals surface area contributed by atoms with E-state index in [2.05, 4.69) is 25.3 Å². The van der Waals surface area contributed by atoms with Gasteiger partial charge < -0.3 is 0 Å². The van der Waals surface area contributed by atoms with Gasteiger partial charge in [0.05, 0.1) is 6.21 Å². The van der Waals surface area contributed by atoms with Crippen LogP contribution < -0.4 is 0 Å². The predicted molar refractivity (Wildman–Crippen MR) is 77.9 cm³/mol. The first kappa shape index (κ1) is 12.4. The molecule has 0 bridgehead atoms. The van der Waals surface area contributed by atoms with Gasteiger partial charge in [-0.1, -0.05) is 6.07 Å². The van der Waals surface area contributed by atoms with Crippen molar-refractivity contribution in [2.75, 3.05) is 0 Å². The monoisotopic (exact) mass is 282 g/mol. The van der Waals surface area contributed by atoms with Crippen molar-refractivity contribution in [3.05, 3.63) is 59.4 Å². The van der Waals surface area contributed by atoms with Gasteiger partial charge in [0, 0.05) is 35.9 Å². The molecule has 98 valence electrons. The zero-order valence-electron chi connectivity index (χ0n) is 10.3. The minimum atomic E-state index is 0.420. The molecule has 6 nitrogen and oxygen atoms in total. The lowest BCUT2D eigenvalue weighted by molar-refractivity contribution is 0.870. The summed E-state index contributed by atoms with van der Waals surface area (Å²) in [6.45, 7) is 0. The van der Waals surface area contributed by atoms with Crippen LogP contribution in [0.25, 0.3) is 11.4 Å². The molecule has 3 rings (SSSR count). The SMILES string of the molecule is S=c1[nH]nc(-c2cccnc2)n1/N=C/c1cccnc1. The van der Waals surface area contributed by atoms with Crippen LogP contribution in [0, 0.1) is 4.77 Å². The molecule has 3 heterocycles. The van der Waals surface area contributed by atoms with Gasteiger partial charge in [-0.2, -0.15) is 14.9 Å². The van der Waals surface area contributed by atoms with Crippen molar-refractivity contribution in [1.29, 1.82) is 0 Å². The zero-order chi connectivity index (χ0) is 13.8. The van der Waals surface area contributed by atoms with E-state index in [1.54, 1.807) is 35.7 Å². The molecule has 0 unspecified atom stereocenters. The van der Waals surface area contributed by atoms with Gasteiger partial charge >= 0.3 is 0 Å². The molecule has 0 atom stereocenters. The van der Waals surface area contributed by atoms with Crippen LogP contribution in [0.5, 0.6) is 0 Å². The van der Waals surface area contributed by atoms with E-state index in [0.717, 1.165) is 11.1 Å². The summed E-state index contributed by atoms with van der Waals surface area (Å²) in [5.41, 5.74) is 1.72. The predicted octanol–water partition coefficient (Wildman–Crippen LogP) is 2.28. The molecule has 0 aliphatic carbocycles. The number of H-pyrrole nitrogens is 1. The summed E-state index contributed by atoms with van der Waals surface area (Å²) in [7, 11) is 0. The van der Waals surface area contributed by atoms with Crippen molar-refractivity contribution in [3.8, 4) is 11.4 Å². The number of pyridine rings is 2. The van der Waals surface area contributed by atoms with Crippen LogP contribution >= 0.6 is 12.2 Å². The molecule has 0 saturated carbocycles. The van der Waals surface area contributed by atoms with Crippen LogP contribution in [0.15, 0.2) is 54.2 Å². The fourth-order valence-electron chi connectivity index (χ4n) is 1.66. The normalized spacial score (nSPS) is 11.0. The largest absolute Gasteiger partial charge is 0.264 e. The van der Waals surface area contributed by atoms with Gasteiger partial charge in [0.15, 0.2) is 5.82 Å². The zero-order valence-corrected chi connectivity index (χ0v) is 11.2. The van der Waals surface area contributed by atoms with E-state index in [1.165, 1.54) is 0 Å². The number of hydrogen-bond donors (Lipinski definition) is 1. The second kappa shape index (κ2) is 5.54. The Morgan fingerprint density at radius 1 is 1.15 bits per heavy atom. The molecular formula is C13H10N6S. The van der Waals surface area contributed by atoms with E-state index in [1.807, 2.05) is 24.3 Å². The van der Waals surface area contributed by atoms with E-state index in [4.69, 9.17) is 12.2 Å². The lowest BCUT2D eigenvalue weighted by atomic mass is 10.3. The lowest BCUT2D eigenvalue weighted by Crippen LogP contribution is -1.95. The highest BCUT2D eigenvalue weighted by Crippen LogP contribution is 2.15. The first-order valence-corrected chi connectivity index (χ1v) is 6.27. The van der Waals surface area contributed by atoms with E-state index in [0.29, 0.717) is 10.6 Å². The Morgan fingerprint density at radius 3 is 2.65 bits per heavy atom. The molecule has 20 heavy (non-hydrogen) atoms. The van der Waals surface area contributed by atoms with Crippen molar-refractivity contribution >= 4 is 18.4 Å². The fourth-order valence-corrected chi connectivity index (χ4v) is 1.84. The lowest BCUT2D eigenvalue weighted by Gasteiger charge is -1.99. The van der Waals surface area contributed by atoms with Gasteiger partial charge in [0.25, 0.3) is 0 Å². The number of rotatable bonds is 3. The van der Waals surface area contributed by atoms with Crippen molar-refractivity contribution in [3.63, 3.8) is 0 Å². The molecule has 0 radical (unpaired) electrons. The maximum Gasteiger partial charge on any atom is 0.216 e. The van der Waals surface area contributed by atoms with Crippen molar-refractivity contribution < 1.29 is 0 Å². The second-order valence-corrected chi connectivity index (χ2v) is 4.32. The molecular weight excluding hydrogens is 272 g/mol. The number of aromatic nitrogens is 5. The third-order valence-corrected chi connectivity index (χ3v) is 2.84. The van der Waals surface area contributed by atoms with Crippen LogP contribution in [0.1, 0.15) is 5.56 Å². The third kappa shape index (κ3) is 2.52. The van der Waals surface area contributed by atoms with E-state index in [-0.39, 0.29) is 0 Å². The Hall–Kier alpha value is -2.67. The molecule has 7 heteroatoms. The summed E-state index contributed by atoms with van der Waals surface area (Å²) in [5, 5.41) is 11.2. The van der Waals surface area contributed by atoms with Gasteiger partial charge in [0.2, 0.25) is 4.77 Å². The van der Waals surface area contributed by atoms with Crippen LogP contribution in [-0.4, -0.2) is 31.1 Å². The summed E-state index contributed by atoms with van der Waals surface area (Å²) in [6, 6.07) is 7.48. The molecule has 0 fully saturated rings. The van der Waals surface area contributed by atoms with Crippen LogP contribution in [0.4, 0.5) is 0 Å². The Balaban J connectivity index is 2.01. The van der Waals surface area contributed by atoms with Gasteiger partial charge in [-0.15, -0.1) is 0 Å². The Labute approximate surface area is 119 Å². The quantitative estimate of drug-likeness (QED) is 0.591. The highest BCUT2D eigenvalue weighted by atomic mass is 32.1. The molecule has 0 amide bonds. The highest BCUT2D eigenvalue weighted by molar-refractivity contribution is 7.71. The smallest absolute Gasteiger partial charge is 0.216 e. The summed E-state index contributed by atoms with van der Waals surface area (Å²) < 4.78 is 1.98. The number of nitrogens with one attached hydrogen (secondary N) is 1. The van der Waals surface area contributed by atoms with Gasteiger partial charge in [-0.25, -0.2) is 5.10 Å². The minimum absolute atomic E-state index is 0.420. The second-order valence-electron chi connectivity index (χ2n) is 3.94. The standard InChI is InChI=1S/C13H10N6S/c20-13-18-17-12(11-4-2-6-15-9-11)19(13)16-8-10-3-1-5-14-7-10/h1-9H,(H,18,20)/b16-8+. The van der Waals surface area contributed by atoms with Crippen molar-refractivity contribution in [2.24, 2.45) is 5.10 Å². The first-order chi connectivity index (χ1) is 9.84. The number of nitrogens with zero attached hydrogens (tertiary/aromatic N) is 5. The van der Waals surface area contributed by atoms with Crippen molar-refractivity contribution in [2.45, 2.75) is 0 Å². The average Bonchev–Trinajstić information content (AvgIpc) is 2.88. The fraction of sp³-hybridized carbons (Fsp3) is 0. The van der Waals surface area contributed by atoms with Crippen LogP contribution in [0.2, 0.25) is 0 Å². The molecule has 0 aliphatic heterocycles. The maximum atomic E-state index is 5.18. The summed E-state index contributed by atoms with van der Waals surface area (Å²) in [4.78, 5) is 8.09. The van der Waals surface area contributed by atoms with Crippen molar-refractivity contribution in [1.82, 2.24) is 24.8 Å². The molecule has 0 spiro atoms. The number of hydrogen-bond acceptors (Lipinski definition) is 5. The van der Waals surface area contributed by atoms with Gasteiger partial charge in [-0.05, 0) is 30.4 Å². The summed E-state index contributed by atoms with van der Waals surface area (Å²) >= 11 is 5.18. The van der Waals surface area contributed by atoms with E-state index in [9.17, 15) is 0 Å². The Kier molecular flexibility index (Phi) is 3.42. The maximum absolute atomic E-state index is 5.18. The van der Waals surface area contributed by atoms with E-state index < -0.39 is 0 Å². The molecule has 1 N–H and O–H groups in total. The summed E-state index contributed by atoms with van der Waals surface area (Å²) in [5.74, 6) is 0.614. The van der Waals surface area contributed by atoms with Gasteiger partial charge in [0.1, 0.15) is 0 Å². The molecule has 0 aliphatic rings. The average molecular weight is 282 g/mol. The Morgan fingerprint density at radius 2 is 1.95 bits per heavy atom. The van der Waals surface area contributed by atoms with Gasteiger partial charge in [-0.3, -0.25) is 9.97 Å². The molecule has 0 saturated heterocycles. The van der Waals surface area contributed by atoms with Crippen LogP contribution in [0.3, 0.4) is 0 Å². The molecule has 3 aromatic rings. The first-order valence-electron chi connectivity index (χ1n) is 5.87. The Bertz CT molecular complexity index is 775. The molecule has 0 aromatic carbocycles. The minimum Gasteiger partial charge on any atom is -0.264 e. The topological polar surface area (TPSA) is 71.8 Å². The van der Waals surface area contributed by atoms with Crippen LogP contribution in [-0.2, 0) is 0 Å². The van der Waals surface area contributed by atoms with E-state index >= 15 is 0 Å². The number of aromatic amines is 1.